The minimum atomic E-state index is 0.769. The maximum Gasteiger partial charge on any atom is 0.0594 e. The van der Waals surface area contributed by atoms with Gasteiger partial charge in [0, 0.05) is 35.5 Å². The van der Waals surface area contributed by atoms with Gasteiger partial charge in [0.1, 0.15) is 0 Å². The maximum absolute atomic E-state index is 5.52. The molecule has 0 bridgehead atoms. The zero-order chi connectivity index (χ0) is 20.3. The first-order chi connectivity index (χ1) is 14.8. The topological polar surface area (TPSA) is 19.0 Å². The molecule has 0 amide bonds. The van der Waals surface area contributed by atoms with Gasteiger partial charge in [0.05, 0.1) is 24.6 Å². The van der Waals surface area contributed by atoms with E-state index in [1.54, 1.807) is 0 Å². The number of likely N-dealkylation sites (tertiary alicyclic amines) is 1. The highest BCUT2D eigenvalue weighted by atomic mass is 32.2. The molecule has 2 fully saturated rings. The number of nitrogens with zero attached hydrogens (tertiary/aromatic N) is 3. The second-order valence-corrected chi connectivity index (χ2v) is 9.85. The number of rotatable bonds is 5. The summed E-state index contributed by atoms with van der Waals surface area (Å²) in [4.78, 5) is 10.6. The van der Waals surface area contributed by atoms with Crippen LogP contribution in [0.3, 0.4) is 0 Å². The van der Waals surface area contributed by atoms with Gasteiger partial charge in [-0.15, -0.1) is 0 Å². The lowest BCUT2D eigenvalue weighted by Crippen LogP contribution is -2.49. The largest absolute Gasteiger partial charge is 0.379 e. The van der Waals surface area contributed by atoms with E-state index in [9.17, 15) is 0 Å². The van der Waals surface area contributed by atoms with Gasteiger partial charge in [0.15, 0.2) is 0 Å². The number of ether oxygens (including phenoxy) is 1. The van der Waals surface area contributed by atoms with Gasteiger partial charge in [0.25, 0.3) is 0 Å². The molecule has 3 heterocycles. The minimum Gasteiger partial charge on any atom is -0.379 e. The predicted molar refractivity (Wildman–Crippen MR) is 125 cm³/mol. The van der Waals surface area contributed by atoms with Gasteiger partial charge < -0.3 is 14.5 Å². The Labute approximate surface area is 185 Å². The van der Waals surface area contributed by atoms with Crippen molar-refractivity contribution in [3.05, 3.63) is 48.0 Å². The van der Waals surface area contributed by atoms with E-state index < -0.39 is 0 Å². The average molecular weight is 424 g/mol. The van der Waals surface area contributed by atoms with Crippen LogP contribution < -0.4 is 4.90 Å². The highest BCUT2D eigenvalue weighted by Gasteiger charge is 2.26. The lowest BCUT2D eigenvalue weighted by Gasteiger charge is -2.40. The van der Waals surface area contributed by atoms with Gasteiger partial charge in [-0.05, 0) is 75.6 Å². The molecule has 0 N–H and O–H groups in total. The highest BCUT2D eigenvalue weighted by Crippen LogP contribution is 2.48. The fourth-order valence-corrected chi connectivity index (χ4v) is 6.16. The van der Waals surface area contributed by atoms with E-state index >= 15 is 0 Å². The number of morpholine rings is 1. The normalized spacial score (nSPS) is 20.8. The summed E-state index contributed by atoms with van der Waals surface area (Å²) in [6.07, 6.45) is 3.82. The maximum atomic E-state index is 5.52. The number of fused-ring (bicyclic) bond motifs is 2. The third-order valence-corrected chi connectivity index (χ3v) is 7.89. The predicted octanol–water partition coefficient (Wildman–Crippen LogP) is 4.78. The van der Waals surface area contributed by atoms with Crippen LogP contribution in [-0.2, 0) is 4.74 Å². The van der Waals surface area contributed by atoms with Gasteiger partial charge in [-0.1, -0.05) is 30.0 Å². The molecular weight excluding hydrogens is 390 g/mol. The van der Waals surface area contributed by atoms with Crippen molar-refractivity contribution >= 4 is 23.1 Å². The van der Waals surface area contributed by atoms with Crippen molar-refractivity contribution in [2.75, 3.05) is 57.4 Å². The van der Waals surface area contributed by atoms with Crippen LogP contribution in [0.4, 0.5) is 11.4 Å². The van der Waals surface area contributed by atoms with E-state index in [-0.39, 0.29) is 0 Å². The Kier molecular flexibility index (Phi) is 6.32. The van der Waals surface area contributed by atoms with Crippen LogP contribution in [0.5, 0.6) is 0 Å². The first-order valence-electron chi connectivity index (χ1n) is 11.5. The summed E-state index contributed by atoms with van der Waals surface area (Å²) in [5.74, 6) is 0. The molecule has 0 spiro atoms. The molecule has 0 radical (unpaired) electrons. The Morgan fingerprint density at radius 1 is 0.900 bits per heavy atom. The molecule has 0 unspecified atom stereocenters. The van der Waals surface area contributed by atoms with Gasteiger partial charge in [0.2, 0.25) is 0 Å². The summed E-state index contributed by atoms with van der Waals surface area (Å²) in [5, 5.41) is 0. The van der Waals surface area contributed by atoms with Gasteiger partial charge in [-0.2, -0.15) is 0 Å². The standard InChI is InChI=1S/C25H33N3OS/c1-20-7-8-25-23(19-20)28(22-5-2-3-6-24(22)30-25)12-4-11-26-13-9-21(10-14-26)27-15-17-29-18-16-27/h2-3,5-8,19,21H,4,9-18H2,1H3. The van der Waals surface area contributed by atoms with Crippen LogP contribution in [0.2, 0.25) is 0 Å². The molecule has 5 rings (SSSR count). The molecule has 5 heteroatoms. The molecule has 2 aromatic carbocycles. The van der Waals surface area contributed by atoms with Crippen molar-refractivity contribution in [1.29, 1.82) is 0 Å². The second-order valence-electron chi connectivity index (χ2n) is 8.77. The van der Waals surface area contributed by atoms with Crippen LogP contribution in [0, 0.1) is 6.92 Å². The number of benzene rings is 2. The second kappa shape index (κ2) is 9.31. The van der Waals surface area contributed by atoms with Crippen LogP contribution in [0.1, 0.15) is 24.8 Å². The quantitative estimate of drug-likeness (QED) is 0.687. The van der Waals surface area contributed by atoms with Gasteiger partial charge in [-0.3, -0.25) is 4.90 Å². The Bertz CT molecular complexity index is 859. The van der Waals surface area contributed by atoms with E-state index in [2.05, 4.69) is 64.1 Å². The highest BCUT2D eigenvalue weighted by molar-refractivity contribution is 7.99. The summed E-state index contributed by atoms with van der Waals surface area (Å²) in [7, 11) is 0. The molecule has 0 saturated carbocycles. The lowest BCUT2D eigenvalue weighted by molar-refractivity contribution is 0.000896. The van der Waals surface area contributed by atoms with Crippen LogP contribution >= 0.6 is 11.8 Å². The molecule has 0 aliphatic carbocycles. The number of aryl methyl sites for hydroxylation is 1. The van der Waals surface area contributed by atoms with Crippen LogP contribution in [0.15, 0.2) is 52.3 Å². The van der Waals surface area contributed by atoms with E-state index in [1.165, 1.54) is 65.6 Å². The van der Waals surface area contributed by atoms with Crippen molar-refractivity contribution in [3.8, 4) is 0 Å². The van der Waals surface area contributed by atoms with Gasteiger partial charge >= 0.3 is 0 Å². The summed E-state index contributed by atoms with van der Waals surface area (Å²) in [6.45, 7) is 11.0. The molecule has 2 aromatic rings. The summed E-state index contributed by atoms with van der Waals surface area (Å²) >= 11 is 1.90. The smallest absolute Gasteiger partial charge is 0.0594 e. The van der Waals surface area contributed by atoms with Crippen molar-refractivity contribution in [3.63, 3.8) is 0 Å². The Morgan fingerprint density at radius 3 is 2.50 bits per heavy atom. The summed E-state index contributed by atoms with van der Waals surface area (Å²) < 4.78 is 5.52. The van der Waals surface area contributed by atoms with E-state index in [1.807, 2.05) is 11.8 Å². The summed E-state index contributed by atoms with van der Waals surface area (Å²) in [5.41, 5.74) is 4.08. The number of hydrogen-bond acceptors (Lipinski definition) is 5. The number of anilines is 2. The third-order valence-electron chi connectivity index (χ3n) is 6.76. The molecule has 3 aliphatic heterocycles. The number of piperidine rings is 1. The summed E-state index contributed by atoms with van der Waals surface area (Å²) in [6, 6.07) is 16.5. The molecule has 0 atom stereocenters. The molecule has 3 aliphatic rings. The Hall–Kier alpha value is -1.53. The fourth-order valence-electron chi connectivity index (χ4n) is 5.08. The van der Waals surface area contributed by atoms with E-state index in [0.29, 0.717) is 0 Å². The van der Waals surface area contributed by atoms with Crippen LogP contribution in [-0.4, -0.2) is 68.3 Å². The SMILES string of the molecule is Cc1ccc2c(c1)N(CCCN1CCC(N3CCOCC3)CC1)c1ccccc1S2. The zero-order valence-corrected chi connectivity index (χ0v) is 18.9. The molecule has 30 heavy (non-hydrogen) atoms. The number of para-hydroxylation sites is 1. The Balaban J connectivity index is 1.19. The Morgan fingerprint density at radius 2 is 1.67 bits per heavy atom. The van der Waals surface area contributed by atoms with Crippen molar-refractivity contribution in [1.82, 2.24) is 9.80 Å². The van der Waals surface area contributed by atoms with Crippen molar-refractivity contribution in [2.45, 2.75) is 42.0 Å². The van der Waals surface area contributed by atoms with Crippen molar-refractivity contribution in [2.24, 2.45) is 0 Å². The van der Waals surface area contributed by atoms with E-state index in [4.69, 9.17) is 4.74 Å². The molecule has 2 saturated heterocycles. The number of hydrogen-bond donors (Lipinski definition) is 0. The zero-order valence-electron chi connectivity index (χ0n) is 18.1. The minimum absolute atomic E-state index is 0.769. The van der Waals surface area contributed by atoms with Crippen molar-refractivity contribution < 1.29 is 4.74 Å². The first kappa shape index (κ1) is 20.4. The molecule has 0 aromatic heterocycles. The molecular formula is C25H33N3OS. The van der Waals surface area contributed by atoms with Gasteiger partial charge in [-0.25, -0.2) is 0 Å². The average Bonchev–Trinajstić information content (AvgIpc) is 2.80. The monoisotopic (exact) mass is 423 g/mol. The lowest BCUT2D eigenvalue weighted by atomic mass is 10.0. The molecule has 4 nitrogen and oxygen atoms in total. The third kappa shape index (κ3) is 4.40. The fraction of sp³-hybridized carbons (Fsp3) is 0.520. The van der Waals surface area contributed by atoms with Crippen LogP contribution in [0.25, 0.3) is 0 Å². The molecule has 160 valence electrons. The first-order valence-corrected chi connectivity index (χ1v) is 12.3. The van der Waals surface area contributed by atoms with E-state index in [0.717, 1.165) is 38.9 Å².